The van der Waals surface area contributed by atoms with Gasteiger partial charge in [-0.15, -0.1) is 0 Å². The van der Waals surface area contributed by atoms with Gasteiger partial charge in [0.2, 0.25) is 11.8 Å². The number of carbonyl (C=O) groups excluding carboxylic acids is 4. The Bertz CT molecular complexity index is 1500. The van der Waals surface area contributed by atoms with Crippen molar-refractivity contribution in [2.24, 2.45) is 11.3 Å². The number of unbranched alkanes of at least 4 members (excludes halogenated alkanes) is 2. The number of hydrogen-bond donors (Lipinski definition) is 2. The fourth-order valence-corrected chi connectivity index (χ4v) is 5.36. The van der Waals surface area contributed by atoms with E-state index in [1.807, 2.05) is 69.3 Å². The van der Waals surface area contributed by atoms with E-state index in [9.17, 15) is 19.2 Å². The fraction of sp³-hybridized carbons (Fsp3) is 0.421. The van der Waals surface area contributed by atoms with E-state index in [1.165, 1.54) is 6.07 Å². The first-order valence-corrected chi connectivity index (χ1v) is 16.1. The van der Waals surface area contributed by atoms with Crippen LogP contribution in [0.3, 0.4) is 0 Å². The van der Waals surface area contributed by atoms with E-state index in [0.717, 1.165) is 36.8 Å². The van der Waals surface area contributed by atoms with Crippen LogP contribution in [0, 0.1) is 11.3 Å². The molecule has 2 N–H and O–H groups in total. The quantitative estimate of drug-likeness (QED) is 0.123. The van der Waals surface area contributed by atoms with Crippen LogP contribution in [0.2, 0.25) is 0 Å². The van der Waals surface area contributed by atoms with E-state index in [0.29, 0.717) is 17.2 Å². The summed E-state index contributed by atoms with van der Waals surface area (Å²) in [6.45, 7) is 7.73. The minimum Gasteiger partial charge on any atom is -0.497 e. The van der Waals surface area contributed by atoms with Gasteiger partial charge in [-0.3, -0.25) is 24.5 Å². The van der Waals surface area contributed by atoms with Crippen molar-refractivity contribution < 1.29 is 33.4 Å². The van der Waals surface area contributed by atoms with Gasteiger partial charge in [-0.2, -0.15) is 0 Å². The van der Waals surface area contributed by atoms with Crippen LogP contribution in [0.5, 0.6) is 11.5 Å². The molecule has 0 radical (unpaired) electrons. The molecule has 0 fully saturated rings. The highest BCUT2D eigenvalue weighted by Crippen LogP contribution is 2.36. The molecule has 3 aromatic carbocycles. The molecule has 2 unspecified atom stereocenters. The monoisotopic (exact) mass is 644 g/mol. The highest BCUT2D eigenvalue weighted by Gasteiger charge is 2.35. The maximum atomic E-state index is 13.3. The molecule has 9 heteroatoms. The Morgan fingerprint density at radius 2 is 1.57 bits per heavy atom. The molecule has 0 saturated heterocycles. The van der Waals surface area contributed by atoms with E-state index in [1.54, 1.807) is 32.4 Å². The van der Waals surface area contributed by atoms with Crippen molar-refractivity contribution in [1.29, 1.82) is 0 Å². The van der Waals surface area contributed by atoms with Gasteiger partial charge in [0, 0.05) is 23.7 Å². The Balaban J connectivity index is 1.66. The molecule has 3 rings (SSSR count). The molecule has 0 bridgehead atoms. The zero-order valence-electron chi connectivity index (χ0n) is 28.4. The van der Waals surface area contributed by atoms with Crippen molar-refractivity contribution in [3.05, 3.63) is 89.5 Å². The van der Waals surface area contributed by atoms with Gasteiger partial charge in [-0.05, 0) is 53.1 Å². The third-order valence-corrected chi connectivity index (χ3v) is 8.09. The number of anilines is 1. The summed E-state index contributed by atoms with van der Waals surface area (Å²) in [7, 11) is 3.20. The van der Waals surface area contributed by atoms with Gasteiger partial charge < -0.3 is 19.5 Å². The molecular weight excluding hydrogens is 596 g/mol. The molecule has 3 aromatic rings. The normalized spacial score (nSPS) is 12.4. The summed E-state index contributed by atoms with van der Waals surface area (Å²) >= 11 is 0. The largest absolute Gasteiger partial charge is 0.497 e. The molecule has 0 heterocycles. The summed E-state index contributed by atoms with van der Waals surface area (Å²) in [5.41, 5.74) is 1.79. The topological polar surface area (TPSA) is 120 Å². The summed E-state index contributed by atoms with van der Waals surface area (Å²) < 4.78 is 16.4. The summed E-state index contributed by atoms with van der Waals surface area (Å²) in [6.07, 6.45) is 3.93. The minimum atomic E-state index is -0.808. The molecular formula is C38H48N2O7. The summed E-state index contributed by atoms with van der Waals surface area (Å²) in [5.74, 6) is -1.48. The number of amides is 3. The average Bonchev–Trinajstić information content (AvgIpc) is 3.05. The second-order valence-corrected chi connectivity index (χ2v) is 12.7. The Kier molecular flexibility index (Phi) is 14.0. The fourth-order valence-electron chi connectivity index (χ4n) is 5.36. The van der Waals surface area contributed by atoms with Gasteiger partial charge in [-0.25, -0.2) is 0 Å². The van der Waals surface area contributed by atoms with Crippen molar-refractivity contribution in [1.82, 2.24) is 5.32 Å². The van der Waals surface area contributed by atoms with Crippen LogP contribution < -0.4 is 20.1 Å². The molecule has 47 heavy (non-hydrogen) atoms. The summed E-state index contributed by atoms with van der Waals surface area (Å²) in [6, 6.07) is 21.3. The summed E-state index contributed by atoms with van der Waals surface area (Å²) in [5, 5.41) is 5.36. The molecule has 0 spiro atoms. The second kappa shape index (κ2) is 17.9. The summed E-state index contributed by atoms with van der Waals surface area (Å²) in [4.78, 5) is 52.4. The van der Waals surface area contributed by atoms with Crippen LogP contribution in [0.15, 0.2) is 72.8 Å². The van der Waals surface area contributed by atoms with E-state index >= 15 is 0 Å². The lowest BCUT2D eigenvalue weighted by atomic mass is 9.78. The van der Waals surface area contributed by atoms with Crippen LogP contribution in [0.25, 0.3) is 0 Å². The molecule has 252 valence electrons. The van der Waals surface area contributed by atoms with Gasteiger partial charge in [0.05, 0.1) is 26.6 Å². The number of benzene rings is 3. The Morgan fingerprint density at radius 3 is 2.23 bits per heavy atom. The van der Waals surface area contributed by atoms with E-state index in [2.05, 4.69) is 17.6 Å². The van der Waals surface area contributed by atoms with E-state index < -0.39 is 29.1 Å². The first-order valence-electron chi connectivity index (χ1n) is 16.1. The molecule has 3 amide bonds. The molecule has 9 nitrogen and oxygen atoms in total. The lowest BCUT2D eigenvalue weighted by Crippen LogP contribution is -2.42. The number of ether oxygens (including phenoxy) is 3. The zero-order valence-corrected chi connectivity index (χ0v) is 28.4. The minimum absolute atomic E-state index is 0.0831. The Labute approximate surface area is 278 Å². The molecule has 2 atom stereocenters. The van der Waals surface area contributed by atoms with Crippen LogP contribution in [-0.4, -0.2) is 37.9 Å². The third kappa shape index (κ3) is 11.6. The van der Waals surface area contributed by atoms with Gasteiger partial charge in [0.25, 0.3) is 5.91 Å². The molecule has 0 aromatic heterocycles. The van der Waals surface area contributed by atoms with Gasteiger partial charge in [0.1, 0.15) is 18.1 Å². The number of rotatable bonds is 16. The smallest absolute Gasteiger partial charge is 0.306 e. The number of hydrogen-bond acceptors (Lipinski definition) is 7. The number of carbonyl (C=O) groups is 4. The number of nitrogens with one attached hydrogen (secondary N) is 2. The number of imide groups is 1. The van der Waals surface area contributed by atoms with E-state index in [4.69, 9.17) is 14.2 Å². The third-order valence-electron chi connectivity index (χ3n) is 8.09. The van der Waals surface area contributed by atoms with Gasteiger partial charge in [-0.1, -0.05) is 89.4 Å². The first-order chi connectivity index (χ1) is 22.4. The van der Waals surface area contributed by atoms with Gasteiger partial charge in [0.15, 0.2) is 0 Å². The van der Waals surface area contributed by atoms with Gasteiger partial charge >= 0.3 is 5.97 Å². The van der Waals surface area contributed by atoms with Crippen LogP contribution in [-0.2, 0) is 25.7 Å². The van der Waals surface area contributed by atoms with Crippen molar-refractivity contribution in [2.75, 3.05) is 19.5 Å². The number of methoxy groups -OCH3 is 2. The standard InChI is InChI=1S/C38H48N2O7/c1-7-8-10-16-27(31-20-19-30(45-5)23-33(31)46-6)22-34(41)39-29-18-13-17-28(21-29)36(43)40-37(44)32(38(2,3)4)24-35(42)47-25-26-14-11-9-12-15-26/h9,11-15,17-21,23,27,32H,7-8,10,16,22,24-25H2,1-6H3,(H,39,41)(H,40,43,44). The van der Waals surface area contributed by atoms with E-state index in [-0.39, 0.29) is 36.8 Å². The molecule has 0 aliphatic rings. The number of esters is 1. The highest BCUT2D eigenvalue weighted by atomic mass is 16.5. The lowest BCUT2D eigenvalue weighted by Gasteiger charge is -2.28. The molecule has 0 aliphatic carbocycles. The highest BCUT2D eigenvalue weighted by molar-refractivity contribution is 6.06. The Hall–Kier alpha value is -4.66. The zero-order chi connectivity index (χ0) is 34.4. The van der Waals surface area contributed by atoms with Crippen molar-refractivity contribution in [3.63, 3.8) is 0 Å². The average molecular weight is 645 g/mol. The first kappa shape index (κ1) is 36.8. The second-order valence-electron chi connectivity index (χ2n) is 12.7. The van der Waals surface area contributed by atoms with Crippen molar-refractivity contribution >= 4 is 29.4 Å². The SMILES string of the molecule is CCCCCC(CC(=O)Nc1cccc(C(=O)NC(=O)C(CC(=O)OCc2ccccc2)C(C)(C)C)c1)c1ccc(OC)cc1OC. The van der Waals surface area contributed by atoms with Crippen LogP contribution in [0.4, 0.5) is 5.69 Å². The van der Waals surface area contributed by atoms with Crippen molar-refractivity contribution in [3.8, 4) is 11.5 Å². The lowest BCUT2D eigenvalue weighted by molar-refractivity contribution is -0.149. The molecule has 0 saturated carbocycles. The predicted molar refractivity (Wildman–Crippen MR) is 182 cm³/mol. The van der Waals surface area contributed by atoms with Crippen LogP contribution >= 0.6 is 0 Å². The maximum Gasteiger partial charge on any atom is 0.306 e. The molecule has 0 aliphatic heterocycles. The predicted octanol–water partition coefficient (Wildman–Crippen LogP) is 7.45. The Morgan fingerprint density at radius 1 is 0.830 bits per heavy atom. The maximum absolute atomic E-state index is 13.3. The van der Waals surface area contributed by atoms with Crippen molar-refractivity contribution in [2.45, 2.75) is 78.7 Å². The van der Waals surface area contributed by atoms with Crippen LogP contribution in [0.1, 0.15) is 93.6 Å².